The van der Waals surface area contributed by atoms with Gasteiger partial charge < -0.3 is 19.7 Å². The maximum absolute atomic E-state index is 4.22. The summed E-state index contributed by atoms with van der Waals surface area (Å²) in [5.41, 5.74) is 12.0. The van der Waals surface area contributed by atoms with Crippen molar-refractivity contribution in [3.05, 3.63) is 103 Å². The summed E-state index contributed by atoms with van der Waals surface area (Å²) in [4.78, 5) is 11.7. The van der Waals surface area contributed by atoms with E-state index < -0.39 is 0 Å². The van der Waals surface area contributed by atoms with Gasteiger partial charge in [0.2, 0.25) is 0 Å². The largest absolute Gasteiger partial charge is 3.00 e. The second kappa shape index (κ2) is 12.0. The first-order valence-electron chi connectivity index (χ1n) is 16.0. The van der Waals surface area contributed by atoms with E-state index in [4.69, 9.17) is 0 Å². The van der Waals surface area contributed by atoms with Gasteiger partial charge in [-0.1, -0.05) is 82.7 Å². The minimum absolute atomic E-state index is 0. The van der Waals surface area contributed by atoms with Crippen LogP contribution in [0.3, 0.4) is 0 Å². The predicted molar refractivity (Wildman–Crippen MR) is 179 cm³/mol. The molecule has 4 aromatic rings. The monoisotopic (exact) mass is 760 g/mol. The third-order valence-electron chi connectivity index (χ3n) is 10.2. The van der Waals surface area contributed by atoms with Crippen molar-refractivity contribution in [3.8, 4) is 11.3 Å². The Labute approximate surface area is 277 Å². The van der Waals surface area contributed by atoms with Gasteiger partial charge in [-0.2, -0.15) is 18.8 Å². The number of rotatable bonds is 2. The Morgan fingerprint density at radius 1 is 0.818 bits per heavy atom. The zero-order chi connectivity index (χ0) is 29.8. The van der Waals surface area contributed by atoms with Crippen LogP contribution in [0.2, 0.25) is 0 Å². The number of para-hydroxylation sites is 1. The first-order chi connectivity index (χ1) is 20.8. The molecule has 0 unspecified atom stereocenters. The molecule has 1 saturated carbocycles. The standard InChI is InChI=1S/C28H35N3.C11H8N.Ir/c1-27(2)16-17-28(3,4)24-20(27)14-15-23-26(24)29(5)21-12-9-13-22-25(21)31(23)18-30(22)19-10-7-6-8-11-19;1-2-6-10(7-3-1)11-8-4-5-9-12-11;/h9,12-14,18-19H,6-8,10-11,16-17H2,1-5H3;1-6,8-9H;/q-2;-1;+3. The molecule has 2 aliphatic heterocycles. The van der Waals surface area contributed by atoms with Gasteiger partial charge in [0.05, 0.1) is 11.4 Å². The van der Waals surface area contributed by atoms with Gasteiger partial charge in [-0.3, -0.25) is 0 Å². The molecule has 228 valence electrons. The fraction of sp³-hybridized carbons (Fsp3) is 0.385. The van der Waals surface area contributed by atoms with Crippen LogP contribution < -0.4 is 14.7 Å². The average Bonchev–Trinajstić information content (AvgIpc) is 3.44. The molecule has 4 nitrogen and oxygen atoms in total. The van der Waals surface area contributed by atoms with Gasteiger partial charge in [0.1, 0.15) is 0 Å². The summed E-state index contributed by atoms with van der Waals surface area (Å²) in [6.45, 7) is 12.1. The van der Waals surface area contributed by atoms with E-state index in [1.54, 1.807) is 6.20 Å². The molecule has 0 spiro atoms. The number of anilines is 5. The summed E-state index contributed by atoms with van der Waals surface area (Å²) in [6, 6.07) is 30.4. The Balaban J connectivity index is 0.000000222. The van der Waals surface area contributed by atoms with Gasteiger partial charge in [0, 0.05) is 17.9 Å². The van der Waals surface area contributed by atoms with Crippen LogP contribution in [-0.2, 0) is 30.9 Å². The number of pyridine rings is 1. The van der Waals surface area contributed by atoms with Crippen LogP contribution in [0.15, 0.2) is 72.9 Å². The second-order valence-electron chi connectivity index (χ2n) is 13.9. The zero-order valence-corrected chi connectivity index (χ0v) is 29.0. The van der Waals surface area contributed by atoms with Crippen LogP contribution in [-0.4, -0.2) is 18.1 Å². The Morgan fingerprint density at radius 2 is 1.57 bits per heavy atom. The minimum Gasteiger partial charge on any atom is -0.499 e. The van der Waals surface area contributed by atoms with Crippen LogP contribution in [0.5, 0.6) is 0 Å². The van der Waals surface area contributed by atoms with Gasteiger partial charge in [-0.15, -0.1) is 47.0 Å². The number of fused-ring (bicyclic) bond motifs is 4. The van der Waals surface area contributed by atoms with Crippen molar-refractivity contribution < 1.29 is 20.1 Å². The minimum atomic E-state index is 0. The summed E-state index contributed by atoms with van der Waals surface area (Å²) in [5.74, 6) is 0. The number of hydrogen-bond donors (Lipinski definition) is 0. The second-order valence-corrected chi connectivity index (χ2v) is 13.9. The van der Waals surface area contributed by atoms with E-state index in [9.17, 15) is 0 Å². The van der Waals surface area contributed by atoms with Crippen LogP contribution in [0, 0.1) is 18.8 Å². The molecule has 2 aliphatic carbocycles. The van der Waals surface area contributed by atoms with Crippen LogP contribution in [0.25, 0.3) is 11.3 Å². The number of nitrogens with zero attached hydrogens (tertiary/aromatic N) is 4. The molecule has 0 amide bonds. The van der Waals surface area contributed by atoms with E-state index in [1.165, 1.54) is 84.5 Å². The Hall–Kier alpha value is -3.14. The Kier molecular flexibility index (Phi) is 8.41. The molecule has 1 fully saturated rings. The molecule has 3 aromatic carbocycles. The first-order valence-corrected chi connectivity index (χ1v) is 16.0. The van der Waals surface area contributed by atoms with Crippen LogP contribution >= 0.6 is 0 Å². The number of aromatic nitrogens is 1. The first kappa shape index (κ1) is 30.9. The van der Waals surface area contributed by atoms with Gasteiger partial charge >= 0.3 is 20.1 Å². The zero-order valence-electron chi connectivity index (χ0n) is 26.7. The molecule has 0 saturated heterocycles. The smallest absolute Gasteiger partial charge is 0.499 e. The summed E-state index contributed by atoms with van der Waals surface area (Å²) in [7, 11) is 2.26. The van der Waals surface area contributed by atoms with Crippen molar-refractivity contribution in [3.63, 3.8) is 0 Å². The summed E-state index contributed by atoms with van der Waals surface area (Å²) < 4.78 is 0. The van der Waals surface area contributed by atoms with Gasteiger partial charge in [0.25, 0.3) is 0 Å². The molecule has 44 heavy (non-hydrogen) atoms. The van der Waals surface area contributed by atoms with Crippen LogP contribution in [0.1, 0.15) is 83.8 Å². The van der Waals surface area contributed by atoms with E-state index in [1.807, 2.05) is 42.5 Å². The molecule has 0 bridgehead atoms. The molecule has 8 rings (SSSR count). The molecule has 5 heteroatoms. The van der Waals surface area contributed by atoms with E-state index >= 15 is 0 Å². The molecular weight excluding hydrogens is 717 g/mol. The molecule has 4 aliphatic rings. The van der Waals surface area contributed by atoms with E-state index in [0.717, 1.165) is 11.3 Å². The molecule has 3 heterocycles. The Bertz CT molecular complexity index is 1570. The maximum Gasteiger partial charge on any atom is 3.00 e. The quantitative estimate of drug-likeness (QED) is 0.190. The normalized spacial score (nSPS) is 19.2. The number of benzene rings is 3. The van der Waals surface area contributed by atoms with E-state index in [0.29, 0.717) is 6.04 Å². The molecule has 0 N–H and O–H groups in total. The van der Waals surface area contributed by atoms with Crippen molar-refractivity contribution in [2.45, 2.75) is 89.5 Å². The fourth-order valence-corrected chi connectivity index (χ4v) is 7.65. The molecule has 1 aromatic heterocycles. The van der Waals surface area contributed by atoms with Crippen molar-refractivity contribution >= 4 is 28.4 Å². The Morgan fingerprint density at radius 3 is 2.30 bits per heavy atom. The van der Waals surface area contributed by atoms with Gasteiger partial charge in [-0.25, -0.2) is 0 Å². The van der Waals surface area contributed by atoms with Crippen molar-refractivity contribution in [1.29, 1.82) is 0 Å². The van der Waals surface area contributed by atoms with Gasteiger partial charge in [-0.05, 0) is 61.3 Å². The average molecular weight is 760 g/mol. The third-order valence-corrected chi connectivity index (χ3v) is 10.2. The van der Waals surface area contributed by atoms with Crippen LogP contribution in [0.4, 0.5) is 28.4 Å². The van der Waals surface area contributed by atoms with E-state index in [-0.39, 0.29) is 30.9 Å². The van der Waals surface area contributed by atoms with E-state index in [2.05, 4.69) is 97.5 Å². The molecule has 0 atom stereocenters. The fourth-order valence-electron chi connectivity index (χ4n) is 7.65. The molecule has 0 radical (unpaired) electrons. The number of hydrogen-bond acceptors (Lipinski definition) is 4. The summed E-state index contributed by atoms with van der Waals surface area (Å²) in [6.07, 6.45) is 10.9. The van der Waals surface area contributed by atoms with Crippen molar-refractivity contribution in [2.75, 3.05) is 21.7 Å². The van der Waals surface area contributed by atoms with Crippen molar-refractivity contribution in [2.24, 2.45) is 0 Å². The van der Waals surface area contributed by atoms with Gasteiger partial charge in [0.15, 0.2) is 0 Å². The molecular formula is C39H43IrN4. The third kappa shape index (κ3) is 5.26. The maximum atomic E-state index is 4.22. The van der Waals surface area contributed by atoms with Crippen molar-refractivity contribution in [1.82, 2.24) is 4.98 Å². The summed E-state index contributed by atoms with van der Waals surface area (Å²) >= 11 is 0. The topological polar surface area (TPSA) is 22.6 Å². The summed E-state index contributed by atoms with van der Waals surface area (Å²) in [5, 5.41) is 0. The SMILES string of the molecule is CN1c2cccc3c2N([CH-]N3C2CCCCC2)c2[c-]cc3c(c21)C(C)(C)CCC3(C)C.[Ir+3].[c-]1ccccc1-c1ccccn1. The predicted octanol–water partition coefficient (Wildman–Crippen LogP) is 9.87.